The van der Waals surface area contributed by atoms with Gasteiger partial charge in [0.1, 0.15) is 0 Å². The summed E-state index contributed by atoms with van der Waals surface area (Å²) in [6, 6.07) is 0.432. The van der Waals surface area contributed by atoms with Crippen LogP contribution in [0, 0.1) is 17.2 Å². The lowest BCUT2D eigenvalue weighted by Gasteiger charge is -2.31. The summed E-state index contributed by atoms with van der Waals surface area (Å²) in [5, 5.41) is 36.8. The quantitative estimate of drug-likeness (QED) is 0.0417. The molecule has 1 unspecified atom stereocenters. The highest BCUT2D eigenvalue weighted by Crippen LogP contribution is 2.29. The van der Waals surface area contributed by atoms with Gasteiger partial charge in [-0.3, -0.25) is 19.8 Å². The smallest absolute Gasteiger partial charge is 0.300 e. The second-order valence-corrected chi connectivity index (χ2v) is 12.8. The third-order valence-corrected chi connectivity index (χ3v) is 8.37. The predicted molar refractivity (Wildman–Crippen MR) is 185 cm³/mol. The number of carboxylic acid groups (broad SMARTS) is 3. The molecule has 0 spiro atoms. The van der Waals surface area contributed by atoms with E-state index < -0.39 is 17.9 Å². The second-order valence-electron chi connectivity index (χ2n) is 12.8. The van der Waals surface area contributed by atoms with Crippen LogP contribution in [0.15, 0.2) is 0 Å². The van der Waals surface area contributed by atoms with Gasteiger partial charge in [-0.05, 0) is 57.0 Å². The first-order valence-electron chi connectivity index (χ1n) is 17.9. The summed E-state index contributed by atoms with van der Waals surface area (Å²) in [4.78, 5) is 27.0. The van der Waals surface area contributed by atoms with E-state index in [4.69, 9.17) is 40.8 Å². The number of aliphatic carboxylic acids is 3. The lowest BCUT2D eigenvalue weighted by molar-refractivity contribution is -0.135. The minimum Gasteiger partial charge on any atom is -0.481 e. The number of hydrogen-bond acceptors (Lipinski definition) is 5. The third kappa shape index (κ3) is 39.6. The van der Waals surface area contributed by atoms with Crippen LogP contribution in [0.25, 0.3) is 0 Å². The summed E-state index contributed by atoms with van der Waals surface area (Å²) in [6.45, 7) is 5.65. The molecule has 2 fully saturated rings. The number of nitrogens with one attached hydrogen (secondary N) is 3. The molecule has 10 heteroatoms. The van der Waals surface area contributed by atoms with Gasteiger partial charge in [-0.25, -0.2) is 0 Å². The van der Waals surface area contributed by atoms with Crippen molar-refractivity contribution in [2.24, 2.45) is 17.6 Å². The number of unbranched alkanes of at least 4 members (excludes halogenated alkanes) is 9. The van der Waals surface area contributed by atoms with Gasteiger partial charge in [0.25, 0.3) is 17.9 Å². The second kappa shape index (κ2) is 33.0. The molecule has 0 amide bonds. The zero-order valence-electron chi connectivity index (χ0n) is 29.1. The van der Waals surface area contributed by atoms with Crippen molar-refractivity contribution in [2.45, 2.75) is 174 Å². The van der Waals surface area contributed by atoms with Gasteiger partial charge >= 0.3 is 0 Å². The van der Waals surface area contributed by atoms with Crippen LogP contribution in [0.5, 0.6) is 0 Å². The Morgan fingerprint density at radius 1 is 0.644 bits per heavy atom. The molecule has 2 rings (SSSR count). The molecule has 10 nitrogen and oxygen atoms in total. The summed E-state index contributed by atoms with van der Waals surface area (Å²) >= 11 is 0. The summed E-state index contributed by atoms with van der Waals surface area (Å²) in [7, 11) is 0. The first kappa shape index (κ1) is 44.8. The Balaban J connectivity index is 0. The molecular formula is C35H70N4O6. The predicted octanol–water partition coefficient (Wildman–Crippen LogP) is 7.93. The maximum atomic E-state index is 9.00. The molecule has 0 saturated heterocycles. The molecule has 0 aromatic carbocycles. The molecule has 0 aromatic rings. The Bertz CT molecular complexity index is 684. The van der Waals surface area contributed by atoms with Crippen LogP contribution in [-0.4, -0.2) is 58.3 Å². The minimum absolute atomic E-state index is 0.159. The lowest BCUT2D eigenvalue weighted by atomic mass is 9.82. The van der Waals surface area contributed by atoms with Crippen LogP contribution in [-0.2, 0) is 14.4 Å². The normalized spacial score (nSPS) is 15.5. The molecule has 266 valence electrons. The molecule has 0 heterocycles. The third-order valence-electron chi connectivity index (χ3n) is 8.37. The maximum Gasteiger partial charge on any atom is 0.300 e. The topological polar surface area (TPSA) is 186 Å². The fourth-order valence-corrected chi connectivity index (χ4v) is 6.30. The molecule has 2 aliphatic rings. The summed E-state index contributed by atoms with van der Waals surface area (Å²) in [5.41, 5.74) is 5.65. The van der Waals surface area contributed by atoms with E-state index >= 15 is 0 Å². The average molecular weight is 643 g/mol. The van der Waals surface area contributed by atoms with Gasteiger partial charge in [0.2, 0.25) is 0 Å². The van der Waals surface area contributed by atoms with Crippen LogP contribution >= 0.6 is 0 Å². The van der Waals surface area contributed by atoms with E-state index in [-0.39, 0.29) is 5.96 Å². The number of guanidine groups is 1. The summed E-state index contributed by atoms with van der Waals surface area (Å²) in [5.74, 6) is -0.537. The number of carbonyl (C=O) groups is 3. The highest BCUT2D eigenvalue weighted by atomic mass is 16.4. The van der Waals surface area contributed by atoms with Crippen LogP contribution in [0.3, 0.4) is 0 Å². The largest absolute Gasteiger partial charge is 0.481 e. The number of hydrogen-bond donors (Lipinski definition) is 7. The summed E-state index contributed by atoms with van der Waals surface area (Å²) in [6.07, 6.45) is 32.2. The molecule has 2 aliphatic carbocycles. The summed E-state index contributed by atoms with van der Waals surface area (Å²) < 4.78 is 0. The SMILES string of the molecule is CC(=O)O.CC(=O)O.CC(=O)O.N=C(N)NC(CCCCCCCNCCCCCCCCC1CCCCC1)C1CCCCC1. The van der Waals surface area contributed by atoms with E-state index in [2.05, 4.69) is 10.6 Å². The Morgan fingerprint density at radius 3 is 1.47 bits per heavy atom. The molecule has 45 heavy (non-hydrogen) atoms. The van der Waals surface area contributed by atoms with E-state index in [1.54, 1.807) is 0 Å². The van der Waals surface area contributed by atoms with Gasteiger partial charge in [-0.15, -0.1) is 0 Å². The number of nitrogens with two attached hydrogens (primary N) is 1. The molecule has 2 saturated carbocycles. The maximum absolute atomic E-state index is 9.00. The highest BCUT2D eigenvalue weighted by Gasteiger charge is 2.23. The standard InChI is InChI=1S/C29H58N4.3C2H4O2/c30-29(31)33-28(27-21-13-9-14-22-27)23-15-5-3-7-17-25-32-24-16-6-2-1-4-10-18-26-19-11-8-12-20-26;3*1-2(3)4/h26-28,32H,1-25H2,(H4,30,31,33);3*1H3,(H,3,4). The molecule has 0 radical (unpaired) electrons. The Labute approximate surface area is 274 Å². The van der Waals surface area contributed by atoms with Crippen molar-refractivity contribution in [3.05, 3.63) is 0 Å². The van der Waals surface area contributed by atoms with E-state index in [9.17, 15) is 0 Å². The molecule has 0 bridgehead atoms. The van der Waals surface area contributed by atoms with Crippen LogP contribution < -0.4 is 16.4 Å². The molecule has 0 aromatic heterocycles. The van der Waals surface area contributed by atoms with Crippen molar-refractivity contribution in [3.63, 3.8) is 0 Å². The van der Waals surface area contributed by atoms with Gasteiger partial charge in [-0.2, -0.15) is 0 Å². The molecule has 1 atom stereocenters. The van der Waals surface area contributed by atoms with Gasteiger partial charge in [-0.1, -0.05) is 116 Å². The fourth-order valence-electron chi connectivity index (χ4n) is 6.30. The molecule has 8 N–H and O–H groups in total. The average Bonchev–Trinajstić information content (AvgIpc) is 2.96. The monoisotopic (exact) mass is 643 g/mol. The number of rotatable bonds is 19. The van der Waals surface area contributed by atoms with Gasteiger partial charge in [0.15, 0.2) is 5.96 Å². The van der Waals surface area contributed by atoms with E-state index in [1.807, 2.05) is 0 Å². The highest BCUT2D eigenvalue weighted by molar-refractivity contribution is 5.74. The van der Waals surface area contributed by atoms with Crippen molar-refractivity contribution >= 4 is 23.9 Å². The van der Waals surface area contributed by atoms with E-state index in [0.717, 1.165) is 32.6 Å². The van der Waals surface area contributed by atoms with Gasteiger partial charge in [0, 0.05) is 26.8 Å². The van der Waals surface area contributed by atoms with Gasteiger partial charge in [0.05, 0.1) is 0 Å². The fraction of sp³-hybridized carbons (Fsp3) is 0.886. The lowest BCUT2D eigenvalue weighted by Crippen LogP contribution is -2.44. The zero-order valence-corrected chi connectivity index (χ0v) is 29.1. The first-order chi connectivity index (χ1) is 21.5. The van der Waals surface area contributed by atoms with E-state index in [0.29, 0.717) is 6.04 Å². The Kier molecular flexibility index (Phi) is 32.8. The molecular weight excluding hydrogens is 572 g/mol. The van der Waals surface area contributed by atoms with Crippen molar-refractivity contribution in [1.29, 1.82) is 5.41 Å². The van der Waals surface area contributed by atoms with Gasteiger partial charge < -0.3 is 31.7 Å². The van der Waals surface area contributed by atoms with Crippen molar-refractivity contribution in [3.8, 4) is 0 Å². The van der Waals surface area contributed by atoms with Crippen molar-refractivity contribution in [1.82, 2.24) is 10.6 Å². The Morgan fingerprint density at radius 2 is 1.02 bits per heavy atom. The Hall–Kier alpha value is -2.36. The van der Waals surface area contributed by atoms with E-state index in [1.165, 1.54) is 161 Å². The van der Waals surface area contributed by atoms with Crippen LogP contribution in [0.1, 0.15) is 168 Å². The zero-order chi connectivity index (χ0) is 34.1. The minimum atomic E-state index is -0.833. The first-order valence-corrected chi connectivity index (χ1v) is 17.9. The molecule has 0 aliphatic heterocycles. The van der Waals surface area contributed by atoms with Crippen LogP contribution in [0.4, 0.5) is 0 Å². The van der Waals surface area contributed by atoms with Crippen molar-refractivity contribution in [2.75, 3.05) is 13.1 Å². The van der Waals surface area contributed by atoms with Crippen LogP contribution in [0.2, 0.25) is 0 Å². The van der Waals surface area contributed by atoms with Crippen molar-refractivity contribution < 1.29 is 29.7 Å². The number of carboxylic acids is 3.